The maximum absolute atomic E-state index is 11.7. The van der Waals surface area contributed by atoms with Gasteiger partial charge < -0.3 is 15.7 Å². The second-order valence-electron chi connectivity index (χ2n) is 4.98. The number of rotatable bonds is 9. The van der Waals surface area contributed by atoms with Crippen LogP contribution in [0.25, 0.3) is 0 Å². The zero-order valence-corrected chi connectivity index (χ0v) is 12.7. The van der Waals surface area contributed by atoms with E-state index in [1.54, 1.807) is 12.1 Å². The number of benzene rings is 1. The molecule has 6 nitrogen and oxygen atoms in total. The maximum atomic E-state index is 11.7. The molecule has 0 aliphatic carbocycles. The van der Waals surface area contributed by atoms with E-state index >= 15 is 0 Å². The highest BCUT2D eigenvalue weighted by Crippen LogP contribution is 2.04. The first-order chi connectivity index (χ1) is 10.5. The van der Waals surface area contributed by atoms with Crippen molar-refractivity contribution in [2.75, 3.05) is 6.54 Å². The zero-order chi connectivity index (χ0) is 16.4. The van der Waals surface area contributed by atoms with Crippen molar-refractivity contribution in [1.29, 1.82) is 0 Å². The van der Waals surface area contributed by atoms with Crippen molar-refractivity contribution in [1.82, 2.24) is 10.6 Å². The Kier molecular flexibility index (Phi) is 7.67. The predicted molar refractivity (Wildman–Crippen MR) is 82.4 cm³/mol. The normalized spacial score (nSPS) is 10.0. The Morgan fingerprint density at radius 3 is 2.14 bits per heavy atom. The van der Waals surface area contributed by atoms with E-state index < -0.39 is 5.97 Å². The molecule has 1 rings (SSSR count). The molecule has 0 aromatic heterocycles. The van der Waals surface area contributed by atoms with E-state index in [-0.39, 0.29) is 17.4 Å². The summed E-state index contributed by atoms with van der Waals surface area (Å²) >= 11 is 0. The fourth-order valence-corrected chi connectivity index (χ4v) is 1.82. The Bertz CT molecular complexity index is 511. The molecule has 0 radical (unpaired) electrons. The van der Waals surface area contributed by atoms with Gasteiger partial charge in [-0.3, -0.25) is 9.59 Å². The summed E-state index contributed by atoms with van der Waals surface area (Å²) in [6.07, 6.45) is 2.06. The summed E-state index contributed by atoms with van der Waals surface area (Å²) in [6.45, 7) is 2.99. The molecule has 0 saturated carbocycles. The van der Waals surface area contributed by atoms with Gasteiger partial charge in [0, 0.05) is 25.9 Å². The topological polar surface area (TPSA) is 95.5 Å². The third-order valence-corrected chi connectivity index (χ3v) is 3.07. The lowest BCUT2D eigenvalue weighted by Crippen LogP contribution is -2.25. The average molecular weight is 306 g/mol. The Hall–Kier alpha value is -2.37. The van der Waals surface area contributed by atoms with Gasteiger partial charge in [-0.15, -0.1) is 0 Å². The van der Waals surface area contributed by atoms with Crippen LogP contribution in [0, 0.1) is 0 Å². The summed E-state index contributed by atoms with van der Waals surface area (Å²) < 4.78 is 0. The molecule has 0 bridgehead atoms. The molecule has 22 heavy (non-hydrogen) atoms. The molecule has 1 aromatic rings. The predicted octanol–water partition coefficient (Wildman–Crippen LogP) is 1.70. The summed E-state index contributed by atoms with van der Waals surface area (Å²) in [5, 5.41) is 14.3. The van der Waals surface area contributed by atoms with Crippen LogP contribution in [0.15, 0.2) is 24.3 Å². The molecule has 0 fully saturated rings. The number of carboxylic acid groups (broad SMARTS) is 1. The van der Waals surface area contributed by atoms with Crippen LogP contribution in [-0.2, 0) is 16.1 Å². The summed E-state index contributed by atoms with van der Waals surface area (Å²) in [5.74, 6) is -1.12. The number of amides is 2. The van der Waals surface area contributed by atoms with E-state index in [2.05, 4.69) is 10.6 Å². The second-order valence-corrected chi connectivity index (χ2v) is 4.98. The highest BCUT2D eigenvalue weighted by atomic mass is 16.4. The summed E-state index contributed by atoms with van der Waals surface area (Å²) in [6, 6.07) is 6.34. The lowest BCUT2D eigenvalue weighted by Gasteiger charge is -2.06. The first-order valence-electron chi connectivity index (χ1n) is 7.38. The van der Waals surface area contributed by atoms with Crippen LogP contribution >= 0.6 is 0 Å². The zero-order valence-electron chi connectivity index (χ0n) is 12.7. The fraction of sp³-hybridized carbons (Fsp3) is 0.438. The summed E-state index contributed by atoms with van der Waals surface area (Å²) in [4.78, 5) is 33.7. The molecular weight excluding hydrogens is 284 g/mol. The first kappa shape index (κ1) is 17.7. The highest BCUT2D eigenvalue weighted by molar-refractivity contribution is 5.87. The number of carbonyl (C=O) groups is 3. The minimum atomic E-state index is -0.975. The number of hydrogen-bond donors (Lipinski definition) is 3. The Morgan fingerprint density at radius 2 is 1.59 bits per heavy atom. The Morgan fingerprint density at radius 1 is 1.00 bits per heavy atom. The molecule has 0 aliphatic heterocycles. The molecule has 120 valence electrons. The molecule has 3 N–H and O–H groups in total. The smallest absolute Gasteiger partial charge is 0.335 e. The van der Waals surface area contributed by atoms with Gasteiger partial charge in [-0.05, 0) is 30.5 Å². The van der Waals surface area contributed by atoms with Crippen LogP contribution in [-0.4, -0.2) is 29.4 Å². The van der Waals surface area contributed by atoms with E-state index in [1.165, 1.54) is 12.1 Å². The summed E-state index contributed by atoms with van der Waals surface area (Å²) in [7, 11) is 0. The van der Waals surface area contributed by atoms with Crippen molar-refractivity contribution in [2.45, 2.75) is 39.2 Å². The molecule has 0 heterocycles. The highest BCUT2D eigenvalue weighted by Gasteiger charge is 2.06. The molecule has 0 aliphatic rings. The van der Waals surface area contributed by atoms with Gasteiger partial charge in [-0.25, -0.2) is 4.79 Å². The van der Waals surface area contributed by atoms with E-state index in [9.17, 15) is 14.4 Å². The van der Waals surface area contributed by atoms with Crippen molar-refractivity contribution < 1.29 is 19.5 Å². The average Bonchev–Trinajstić information content (AvgIpc) is 2.51. The van der Waals surface area contributed by atoms with Crippen molar-refractivity contribution >= 4 is 17.8 Å². The number of nitrogens with one attached hydrogen (secondary N) is 2. The van der Waals surface area contributed by atoms with E-state index in [0.717, 1.165) is 12.0 Å². The largest absolute Gasteiger partial charge is 0.478 e. The van der Waals surface area contributed by atoms with Gasteiger partial charge in [0.05, 0.1) is 5.56 Å². The van der Waals surface area contributed by atoms with E-state index in [0.29, 0.717) is 32.4 Å². The van der Waals surface area contributed by atoms with Crippen LogP contribution in [0.1, 0.15) is 48.5 Å². The molecule has 0 spiro atoms. The van der Waals surface area contributed by atoms with E-state index in [4.69, 9.17) is 5.11 Å². The monoisotopic (exact) mass is 306 g/mol. The lowest BCUT2D eigenvalue weighted by atomic mass is 10.1. The van der Waals surface area contributed by atoms with Gasteiger partial charge in [0.25, 0.3) is 0 Å². The third-order valence-electron chi connectivity index (χ3n) is 3.07. The number of aromatic carboxylic acids is 1. The van der Waals surface area contributed by atoms with Gasteiger partial charge in [0.1, 0.15) is 0 Å². The third kappa shape index (κ3) is 6.88. The van der Waals surface area contributed by atoms with E-state index in [1.807, 2.05) is 6.92 Å². The van der Waals surface area contributed by atoms with Gasteiger partial charge in [0.2, 0.25) is 11.8 Å². The first-order valence-corrected chi connectivity index (χ1v) is 7.38. The van der Waals surface area contributed by atoms with Gasteiger partial charge >= 0.3 is 5.97 Å². The van der Waals surface area contributed by atoms with Crippen LogP contribution in [0.2, 0.25) is 0 Å². The van der Waals surface area contributed by atoms with Crippen LogP contribution < -0.4 is 10.6 Å². The standard InChI is InChI=1S/C16H22N2O4/c1-2-10-17-14(19)4-3-5-15(20)18-11-12-6-8-13(9-7-12)16(21)22/h6-9H,2-5,10-11H2,1H3,(H,17,19)(H,18,20)(H,21,22). The van der Waals surface area contributed by atoms with Crippen molar-refractivity contribution in [3.8, 4) is 0 Å². The van der Waals surface area contributed by atoms with Crippen LogP contribution in [0.4, 0.5) is 0 Å². The van der Waals surface area contributed by atoms with Crippen molar-refractivity contribution in [3.05, 3.63) is 35.4 Å². The molecule has 0 saturated heterocycles. The summed E-state index contributed by atoms with van der Waals surface area (Å²) in [5.41, 5.74) is 1.05. The molecular formula is C16H22N2O4. The Labute approximate surface area is 129 Å². The number of carboxylic acids is 1. The minimum absolute atomic E-state index is 0.0288. The molecule has 2 amide bonds. The quantitative estimate of drug-likeness (QED) is 0.647. The van der Waals surface area contributed by atoms with Crippen molar-refractivity contribution in [3.63, 3.8) is 0 Å². The molecule has 6 heteroatoms. The van der Waals surface area contributed by atoms with Crippen LogP contribution in [0.3, 0.4) is 0 Å². The van der Waals surface area contributed by atoms with Crippen molar-refractivity contribution in [2.24, 2.45) is 0 Å². The maximum Gasteiger partial charge on any atom is 0.335 e. The number of carbonyl (C=O) groups excluding carboxylic acids is 2. The molecule has 0 atom stereocenters. The number of hydrogen-bond acceptors (Lipinski definition) is 3. The molecule has 0 unspecified atom stereocenters. The fourth-order valence-electron chi connectivity index (χ4n) is 1.82. The SMILES string of the molecule is CCCNC(=O)CCCC(=O)NCc1ccc(C(=O)O)cc1. The van der Waals surface area contributed by atoms with Gasteiger partial charge in [0.15, 0.2) is 0 Å². The molecule has 1 aromatic carbocycles. The second kappa shape index (κ2) is 9.55. The minimum Gasteiger partial charge on any atom is -0.478 e. The lowest BCUT2D eigenvalue weighted by molar-refractivity contribution is -0.122. The van der Waals surface area contributed by atoms with Crippen LogP contribution in [0.5, 0.6) is 0 Å². The van der Waals surface area contributed by atoms with Gasteiger partial charge in [-0.2, -0.15) is 0 Å². The Balaban J connectivity index is 2.22. The van der Waals surface area contributed by atoms with Gasteiger partial charge in [-0.1, -0.05) is 19.1 Å².